The topological polar surface area (TPSA) is 43.4 Å². The molecular formula is C16H26N2O2. The summed E-state index contributed by atoms with van der Waals surface area (Å²) < 4.78 is 10.4. The summed E-state index contributed by atoms with van der Waals surface area (Å²) in [4.78, 5) is 4.28. The first-order valence-corrected chi connectivity index (χ1v) is 7.70. The molecule has 4 nitrogen and oxygen atoms in total. The molecule has 0 atom stereocenters. The maximum Gasteiger partial charge on any atom is 0.213 e. The quantitative estimate of drug-likeness (QED) is 0.739. The van der Waals surface area contributed by atoms with Gasteiger partial charge in [-0.25, -0.2) is 4.98 Å². The Morgan fingerprint density at radius 3 is 2.75 bits per heavy atom. The second-order valence-electron chi connectivity index (χ2n) is 5.45. The van der Waals surface area contributed by atoms with Gasteiger partial charge in [-0.05, 0) is 18.4 Å². The van der Waals surface area contributed by atoms with Gasteiger partial charge in [0.2, 0.25) is 5.88 Å². The van der Waals surface area contributed by atoms with Gasteiger partial charge >= 0.3 is 0 Å². The zero-order chi connectivity index (χ0) is 14.0. The number of rotatable bonds is 8. The zero-order valence-corrected chi connectivity index (χ0v) is 12.4. The van der Waals surface area contributed by atoms with Gasteiger partial charge in [-0.3, -0.25) is 0 Å². The van der Waals surface area contributed by atoms with Crippen LogP contribution in [0.4, 0.5) is 5.69 Å². The van der Waals surface area contributed by atoms with Crippen molar-refractivity contribution in [3.8, 4) is 5.88 Å². The van der Waals surface area contributed by atoms with Crippen molar-refractivity contribution >= 4 is 5.69 Å². The number of ether oxygens (including phenoxy) is 2. The Kier molecular flexibility index (Phi) is 6.64. The molecule has 0 bridgehead atoms. The van der Waals surface area contributed by atoms with Crippen LogP contribution in [0.5, 0.6) is 5.88 Å². The van der Waals surface area contributed by atoms with Crippen molar-refractivity contribution in [2.24, 2.45) is 5.92 Å². The summed E-state index contributed by atoms with van der Waals surface area (Å²) in [6.45, 7) is 2.16. The first-order valence-electron chi connectivity index (χ1n) is 7.70. The summed E-state index contributed by atoms with van der Waals surface area (Å²) >= 11 is 0. The van der Waals surface area contributed by atoms with Crippen LogP contribution in [0.1, 0.15) is 38.5 Å². The van der Waals surface area contributed by atoms with Gasteiger partial charge in [-0.15, -0.1) is 0 Å². The molecule has 0 aromatic carbocycles. The minimum atomic E-state index is 0.540. The third-order valence-corrected chi connectivity index (χ3v) is 3.88. The Labute approximate surface area is 121 Å². The molecule has 1 aliphatic carbocycles. The SMILES string of the molecule is COCCOc1ccc(NCCC2CCCCC2)cn1. The van der Waals surface area contributed by atoms with Crippen molar-refractivity contribution in [1.82, 2.24) is 4.98 Å². The van der Waals surface area contributed by atoms with Crippen LogP contribution in [0.3, 0.4) is 0 Å². The summed E-state index contributed by atoms with van der Waals surface area (Å²) in [6, 6.07) is 3.93. The molecule has 0 radical (unpaired) electrons. The van der Waals surface area contributed by atoms with Gasteiger partial charge < -0.3 is 14.8 Å². The Balaban J connectivity index is 1.65. The van der Waals surface area contributed by atoms with Crippen molar-refractivity contribution in [2.75, 3.05) is 32.2 Å². The predicted octanol–water partition coefficient (Wildman–Crippen LogP) is 3.49. The van der Waals surface area contributed by atoms with E-state index >= 15 is 0 Å². The van der Waals surface area contributed by atoms with Crippen molar-refractivity contribution in [1.29, 1.82) is 0 Å². The van der Waals surface area contributed by atoms with Gasteiger partial charge in [0, 0.05) is 19.7 Å². The van der Waals surface area contributed by atoms with Gasteiger partial charge in [0.25, 0.3) is 0 Å². The van der Waals surface area contributed by atoms with E-state index in [-0.39, 0.29) is 0 Å². The molecule has 1 aromatic rings. The second-order valence-corrected chi connectivity index (χ2v) is 5.45. The molecule has 0 unspecified atom stereocenters. The van der Waals surface area contributed by atoms with Crippen LogP contribution in [-0.4, -0.2) is 31.9 Å². The minimum Gasteiger partial charge on any atom is -0.475 e. The fraction of sp³-hybridized carbons (Fsp3) is 0.688. The lowest BCUT2D eigenvalue weighted by Gasteiger charge is -2.21. The van der Waals surface area contributed by atoms with E-state index in [2.05, 4.69) is 10.3 Å². The Bertz CT molecular complexity index is 361. The number of methoxy groups -OCH3 is 1. The molecule has 1 N–H and O–H groups in total. The van der Waals surface area contributed by atoms with Crippen LogP contribution in [0.15, 0.2) is 18.3 Å². The summed E-state index contributed by atoms with van der Waals surface area (Å²) in [6.07, 6.45) is 10.2. The molecule has 1 heterocycles. The average molecular weight is 278 g/mol. The first-order chi connectivity index (χ1) is 9.88. The van der Waals surface area contributed by atoms with Crippen LogP contribution in [0, 0.1) is 5.92 Å². The maximum absolute atomic E-state index is 5.44. The zero-order valence-electron chi connectivity index (χ0n) is 12.4. The highest BCUT2D eigenvalue weighted by Gasteiger charge is 2.12. The van der Waals surface area contributed by atoms with Gasteiger partial charge in [0.15, 0.2) is 0 Å². The predicted molar refractivity (Wildman–Crippen MR) is 81.3 cm³/mol. The number of hydrogen-bond donors (Lipinski definition) is 1. The molecule has 0 amide bonds. The lowest BCUT2D eigenvalue weighted by atomic mass is 9.87. The smallest absolute Gasteiger partial charge is 0.213 e. The van der Waals surface area contributed by atoms with E-state index in [1.54, 1.807) is 7.11 Å². The highest BCUT2D eigenvalue weighted by molar-refractivity contribution is 5.41. The van der Waals surface area contributed by atoms with Crippen molar-refractivity contribution in [3.63, 3.8) is 0 Å². The molecule has 112 valence electrons. The third-order valence-electron chi connectivity index (χ3n) is 3.88. The lowest BCUT2D eigenvalue weighted by molar-refractivity contribution is 0.144. The third kappa shape index (κ3) is 5.37. The van der Waals surface area contributed by atoms with Crippen molar-refractivity contribution in [2.45, 2.75) is 38.5 Å². The van der Waals surface area contributed by atoms with Crippen LogP contribution >= 0.6 is 0 Å². The van der Waals surface area contributed by atoms with Crippen LogP contribution in [0.2, 0.25) is 0 Å². The first kappa shape index (κ1) is 15.1. The van der Waals surface area contributed by atoms with Crippen molar-refractivity contribution < 1.29 is 9.47 Å². The molecule has 0 aliphatic heterocycles. The fourth-order valence-corrected chi connectivity index (χ4v) is 2.70. The van der Waals surface area contributed by atoms with Crippen LogP contribution < -0.4 is 10.1 Å². The molecule has 2 rings (SSSR count). The monoisotopic (exact) mass is 278 g/mol. The van der Waals surface area contributed by atoms with Crippen LogP contribution in [-0.2, 0) is 4.74 Å². The number of nitrogens with one attached hydrogen (secondary N) is 1. The molecule has 4 heteroatoms. The Morgan fingerprint density at radius 2 is 2.05 bits per heavy atom. The second kappa shape index (κ2) is 8.80. The van der Waals surface area contributed by atoms with E-state index in [0.717, 1.165) is 18.2 Å². The number of aromatic nitrogens is 1. The summed E-state index contributed by atoms with van der Waals surface area (Å²) in [7, 11) is 1.66. The van der Waals surface area contributed by atoms with Crippen LogP contribution in [0.25, 0.3) is 0 Å². The normalized spacial score (nSPS) is 16.1. The fourth-order valence-electron chi connectivity index (χ4n) is 2.70. The van der Waals surface area contributed by atoms with Crippen molar-refractivity contribution in [3.05, 3.63) is 18.3 Å². The van der Waals surface area contributed by atoms with E-state index < -0.39 is 0 Å². The minimum absolute atomic E-state index is 0.540. The number of anilines is 1. The molecular weight excluding hydrogens is 252 g/mol. The highest BCUT2D eigenvalue weighted by Crippen LogP contribution is 2.26. The molecule has 1 saturated carbocycles. The molecule has 1 aliphatic rings. The van der Waals surface area contributed by atoms with E-state index in [9.17, 15) is 0 Å². The number of hydrogen-bond acceptors (Lipinski definition) is 4. The van der Waals surface area contributed by atoms with E-state index in [4.69, 9.17) is 9.47 Å². The van der Waals surface area contributed by atoms with Gasteiger partial charge in [-0.1, -0.05) is 32.1 Å². The Morgan fingerprint density at radius 1 is 1.20 bits per heavy atom. The largest absolute Gasteiger partial charge is 0.475 e. The maximum atomic E-state index is 5.44. The Hall–Kier alpha value is -1.29. The average Bonchev–Trinajstić information content (AvgIpc) is 2.50. The molecule has 1 fully saturated rings. The number of nitrogens with zero attached hydrogens (tertiary/aromatic N) is 1. The van der Waals surface area contributed by atoms with Gasteiger partial charge in [-0.2, -0.15) is 0 Å². The molecule has 1 aromatic heterocycles. The van der Waals surface area contributed by atoms with E-state index in [0.29, 0.717) is 19.1 Å². The molecule has 0 saturated heterocycles. The van der Waals surface area contributed by atoms with E-state index in [1.165, 1.54) is 38.5 Å². The molecule has 20 heavy (non-hydrogen) atoms. The molecule has 0 spiro atoms. The summed E-state index contributed by atoms with van der Waals surface area (Å²) in [5.41, 5.74) is 1.07. The van der Waals surface area contributed by atoms with Gasteiger partial charge in [0.05, 0.1) is 18.5 Å². The number of pyridine rings is 1. The summed E-state index contributed by atoms with van der Waals surface area (Å²) in [5.74, 6) is 1.57. The van der Waals surface area contributed by atoms with Gasteiger partial charge in [0.1, 0.15) is 6.61 Å². The standard InChI is InChI=1S/C16H26N2O2/c1-19-11-12-20-16-8-7-15(13-18-16)17-10-9-14-5-3-2-4-6-14/h7-8,13-14,17H,2-6,9-12H2,1H3. The lowest BCUT2D eigenvalue weighted by Crippen LogP contribution is -2.12. The summed E-state index contributed by atoms with van der Waals surface area (Å²) in [5, 5.41) is 3.44. The van der Waals surface area contributed by atoms with E-state index in [1.807, 2.05) is 18.3 Å². The highest BCUT2D eigenvalue weighted by atomic mass is 16.5.